The topological polar surface area (TPSA) is 62.0 Å². The summed E-state index contributed by atoms with van der Waals surface area (Å²) in [5.41, 5.74) is 5.73. The van der Waals surface area contributed by atoms with Crippen LogP contribution in [-0.2, 0) is 4.79 Å². The first-order valence-corrected chi connectivity index (χ1v) is 7.80. The number of hydrogen-bond donors (Lipinski definition) is 2. The zero-order valence-corrected chi connectivity index (χ0v) is 13.4. The number of rotatable bonds is 2. The molecule has 24 heavy (non-hydrogen) atoms. The van der Waals surface area contributed by atoms with Gasteiger partial charge < -0.3 is 10.3 Å². The van der Waals surface area contributed by atoms with Crippen molar-refractivity contribution in [1.29, 1.82) is 0 Å². The molecule has 0 aliphatic carbocycles. The molecule has 0 atom stereocenters. The molecule has 0 bridgehead atoms. The van der Waals surface area contributed by atoms with Gasteiger partial charge in [0.05, 0.1) is 5.57 Å². The fraction of sp³-hybridized carbons (Fsp3) is 0.100. The zero-order chi connectivity index (χ0) is 16.8. The van der Waals surface area contributed by atoms with Gasteiger partial charge in [-0.25, -0.2) is 0 Å². The Kier molecular flexibility index (Phi) is 3.13. The first-order chi connectivity index (χ1) is 11.5. The van der Waals surface area contributed by atoms with Crippen molar-refractivity contribution < 1.29 is 9.59 Å². The standard InChI is InChI=1S/C20H16N2O2/c1-11-14-5-3-4-6-17(14)21-19(11)10-16-15-9-13(12(2)23)7-8-18(15)22-20(16)24/h3-10,21H,1-2H3,(H,22,24)/b16-10-. The number of aryl methyl sites for hydroxylation is 1. The van der Waals surface area contributed by atoms with Crippen LogP contribution in [0.2, 0.25) is 0 Å². The maximum Gasteiger partial charge on any atom is 0.256 e. The maximum atomic E-state index is 12.4. The van der Waals surface area contributed by atoms with Crippen LogP contribution >= 0.6 is 0 Å². The van der Waals surface area contributed by atoms with Gasteiger partial charge in [0.1, 0.15) is 0 Å². The lowest BCUT2D eigenvalue weighted by Gasteiger charge is -2.01. The summed E-state index contributed by atoms with van der Waals surface area (Å²) in [6.45, 7) is 3.56. The van der Waals surface area contributed by atoms with E-state index in [-0.39, 0.29) is 11.7 Å². The molecule has 2 N–H and O–H groups in total. The van der Waals surface area contributed by atoms with Gasteiger partial charge in [-0.15, -0.1) is 0 Å². The van der Waals surface area contributed by atoms with E-state index in [0.717, 1.165) is 33.4 Å². The second-order valence-corrected chi connectivity index (χ2v) is 6.04. The predicted molar refractivity (Wildman–Crippen MR) is 96.0 cm³/mol. The van der Waals surface area contributed by atoms with E-state index in [4.69, 9.17) is 0 Å². The van der Waals surface area contributed by atoms with Crippen LogP contribution in [0.4, 0.5) is 5.69 Å². The van der Waals surface area contributed by atoms with Crippen LogP contribution in [0, 0.1) is 6.92 Å². The third-order valence-electron chi connectivity index (χ3n) is 4.50. The summed E-state index contributed by atoms with van der Waals surface area (Å²) in [5.74, 6) is -0.165. The molecule has 4 nitrogen and oxygen atoms in total. The molecule has 0 saturated carbocycles. The molecule has 3 aromatic rings. The highest BCUT2D eigenvalue weighted by Gasteiger charge is 2.25. The molecule has 2 aromatic carbocycles. The van der Waals surface area contributed by atoms with E-state index in [0.29, 0.717) is 11.1 Å². The lowest BCUT2D eigenvalue weighted by molar-refractivity contribution is -0.110. The van der Waals surface area contributed by atoms with E-state index in [2.05, 4.69) is 16.4 Å². The third kappa shape index (κ3) is 2.15. The first-order valence-electron chi connectivity index (χ1n) is 7.80. The van der Waals surface area contributed by atoms with Crippen molar-refractivity contribution in [3.8, 4) is 0 Å². The molecule has 0 fully saturated rings. The largest absolute Gasteiger partial charge is 0.355 e. The number of carbonyl (C=O) groups excluding carboxylic acids is 2. The van der Waals surface area contributed by atoms with Crippen molar-refractivity contribution in [1.82, 2.24) is 4.98 Å². The molecule has 0 saturated heterocycles. The van der Waals surface area contributed by atoms with Crippen LogP contribution in [-0.4, -0.2) is 16.7 Å². The van der Waals surface area contributed by atoms with Crippen molar-refractivity contribution in [2.45, 2.75) is 13.8 Å². The lowest BCUT2D eigenvalue weighted by Crippen LogP contribution is -2.03. The number of para-hydroxylation sites is 1. The summed E-state index contributed by atoms with van der Waals surface area (Å²) in [6, 6.07) is 13.3. The Morgan fingerprint density at radius 3 is 2.67 bits per heavy atom. The number of hydrogen-bond acceptors (Lipinski definition) is 2. The van der Waals surface area contributed by atoms with Crippen LogP contribution in [0.25, 0.3) is 22.6 Å². The molecular formula is C20H16N2O2. The molecule has 4 rings (SSSR count). The lowest BCUT2D eigenvalue weighted by atomic mass is 10.0. The fourth-order valence-corrected chi connectivity index (χ4v) is 3.14. The molecule has 1 amide bonds. The van der Waals surface area contributed by atoms with E-state index in [1.165, 1.54) is 6.92 Å². The van der Waals surface area contributed by atoms with Gasteiger partial charge in [-0.1, -0.05) is 18.2 Å². The second-order valence-electron chi connectivity index (χ2n) is 6.04. The van der Waals surface area contributed by atoms with Gasteiger partial charge in [0, 0.05) is 33.4 Å². The summed E-state index contributed by atoms with van der Waals surface area (Å²) < 4.78 is 0. The Hall–Kier alpha value is -3.14. The highest BCUT2D eigenvalue weighted by atomic mass is 16.2. The van der Waals surface area contributed by atoms with Crippen LogP contribution in [0.3, 0.4) is 0 Å². The van der Waals surface area contributed by atoms with Crippen molar-refractivity contribution in [2.24, 2.45) is 0 Å². The predicted octanol–water partition coefficient (Wildman–Crippen LogP) is 4.17. The molecule has 4 heteroatoms. The number of aromatic nitrogens is 1. The number of ketones is 1. The fourth-order valence-electron chi connectivity index (χ4n) is 3.14. The van der Waals surface area contributed by atoms with E-state index in [1.807, 2.05) is 31.2 Å². The number of carbonyl (C=O) groups is 2. The zero-order valence-electron chi connectivity index (χ0n) is 13.4. The monoisotopic (exact) mass is 316 g/mol. The van der Waals surface area contributed by atoms with Crippen LogP contribution < -0.4 is 5.32 Å². The Balaban J connectivity index is 1.89. The first kappa shape index (κ1) is 14.5. The highest BCUT2D eigenvalue weighted by Crippen LogP contribution is 2.35. The number of H-pyrrole nitrogens is 1. The number of anilines is 1. The van der Waals surface area contributed by atoms with Crippen molar-refractivity contribution in [3.63, 3.8) is 0 Å². The number of Topliss-reactive ketones (excluding diaryl/α,β-unsaturated/α-hetero) is 1. The van der Waals surface area contributed by atoms with Crippen molar-refractivity contribution >= 4 is 39.9 Å². The van der Waals surface area contributed by atoms with Crippen LogP contribution in [0.15, 0.2) is 42.5 Å². The molecule has 0 radical (unpaired) electrons. The van der Waals surface area contributed by atoms with Gasteiger partial charge in [-0.05, 0) is 49.8 Å². The van der Waals surface area contributed by atoms with Crippen molar-refractivity contribution in [2.75, 3.05) is 5.32 Å². The number of nitrogens with one attached hydrogen (secondary N) is 2. The molecular weight excluding hydrogens is 300 g/mol. The third-order valence-corrected chi connectivity index (χ3v) is 4.50. The Morgan fingerprint density at radius 1 is 1.12 bits per heavy atom. The summed E-state index contributed by atoms with van der Waals surface area (Å²) in [7, 11) is 0. The Labute approximate surface area is 139 Å². The number of aromatic amines is 1. The minimum Gasteiger partial charge on any atom is -0.355 e. The minimum atomic E-state index is -0.149. The van der Waals surface area contributed by atoms with E-state index in [1.54, 1.807) is 18.2 Å². The smallest absolute Gasteiger partial charge is 0.256 e. The summed E-state index contributed by atoms with van der Waals surface area (Å²) >= 11 is 0. The quantitative estimate of drug-likeness (QED) is 0.550. The summed E-state index contributed by atoms with van der Waals surface area (Å²) in [5, 5.41) is 3.99. The second kappa shape index (κ2) is 5.20. The van der Waals surface area contributed by atoms with Crippen molar-refractivity contribution in [3.05, 3.63) is 64.8 Å². The molecule has 0 spiro atoms. The van der Waals surface area contributed by atoms with Gasteiger partial charge in [0.15, 0.2) is 5.78 Å². The summed E-state index contributed by atoms with van der Waals surface area (Å²) in [6.07, 6.45) is 1.86. The molecule has 118 valence electrons. The van der Waals surface area contributed by atoms with E-state index in [9.17, 15) is 9.59 Å². The molecule has 1 aromatic heterocycles. The average molecular weight is 316 g/mol. The molecule has 1 aliphatic heterocycles. The SMILES string of the molecule is CC(=O)c1ccc2c(c1)/C(=C/c1[nH]c3ccccc3c1C)C(=O)N2. The Bertz CT molecular complexity index is 1040. The average Bonchev–Trinajstić information content (AvgIpc) is 3.05. The molecule has 0 unspecified atom stereocenters. The summed E-state index contributed by atoms with van der Waals surface area (Å²) in [4.78, 5) is 27.4. The van der Waals surface area contributed by atoms with E-state index >= 15 is 0 Å². The van der Waals surface area contributed by atoms with Gasteiger partial charge >= 0.3 is 0 Å². The number of fused-ring (bicyclic) bond motifs is 2. The number of benzene rings is 2. The minimum absolute atomic E-state index is 0.0155. The maximum absolute atomic E-state index is 12.4. The van der Waals surface area contributed by atoms with Gasteiger partial charge in [-0.3, -0.25) is 9.59 Å². The van der Waals surface area contributed by atoms with Gasteiger partial charge in [0.25, 0.3) is 5.91 Å². The van der Waals surface area contributed by atoms with Gasteiger partial charge in [0.2, 0.25) is 0 Å². The molecule has 1 aliphatic rings. The van der Waals surface area contributed by atoms with Gasteiger partial charge in [-0.2, -0.15) is 0 Å². The molecule has 2 heterocycles. The normalized spacial score (nSPS) is 14.9. The highest BCUT2D eigenvalue weighted by molar-refractivity contribution is 6.35. The van der Waals surface area contributed by atoms with Crippen LogP contribution in [0.1, 0.15) is 34.1 Å². The van der Waals surface area contributed by atoms with E-state index < -0.39 is 0 Å². The number of amides is 1. The van der Waals surface area contributed by atoms with Crippen LogP contribution in [0.5, 0.6) is 0 Å². The Morgan fingerprint density at radius 2 is 1.92 bits per heavy atom.